The van der Waals surface area contributed by atoms with Crippen molar-refractivity contribution < 1.29 is 17.6 Å². The van der Waals surface area contributed by atoms with Gasteiger partial charge < -0.3 is 0 Å². The van der Waals surface area contributed by atoms with Crippen LogP contribution in [-0.4, -0.2) is 0 Å². The third-order valence-corrected chi connectivity index (χ3v) is 6.35. The van der Waals surface area contributed by atoms with E-state index in [1.807, 2.05) is 0 Å². The van der Waals surface area contributed by atoms with Crippen LogP contribution < -0.4 is 0 Å². The molecule has 2 bridgehead atoms. The fraction of sp³-hybridized carbons (Fsp3) is 0.778. The average molecular weight is 316 g/mol. The monoisotopic (exact) mass is 316 g/mol. The number of fused-ring (bicyclic) bond motifs is 2. The Morgan fingerprint density at radius 3 is 2.00 bits per heavy atom. The summed E-state index contributed by atoms with van der Waals surface area (Å²) in [4.78, 5) is 0. The Kier molecular flexibility index (Phi) is 3.93. The van der Waals surface area contributed by atoms with Gasteiger partial charge in [0.2, 0.25) is 0 Å². The Morgan fingerprint density at radius 2 is 1.45 bits per heavy atom. The standard InChI is InChI=1S/C18H24F4/c1-11-3-5-12(6-4-11)13(19)14(20)18-9-7-17(2,8-10-18)15(21)16(18)22/h11-12H,3-10H2,1-2H3/b14-13+. The first-order valence-electron chi connectivity index (χ1n) is 8.42. The second kappa shape index (κ2) is 5.38. The van der Waals surface area contributed by atoms with Crippen LogP contribution in [0.2, 0.25) is 0 Å². The molecule has 2 saturated carbocycles. The van der Waals surface area contributed by atoms with Gasteiger partial charge in [0.25, 0.3) is 0 Å². The average Bonchev–Trinajstić information content (AvgIpc) is 2.52. The maximum atomic E-state index is 14.9. The first kappa shape index (κ1) is 16.1. The summed E-state index contributed by atoms with van der Waals surface area (Å²) >= 11 is 0. The number of hydrogen-bond donors (Lipinski definition) is 0. The van der Waals surface area contributed by atoms with Gasteiger partial charge in [0.15, 0.2) is 0 Å². The molecule has 0 nitrogen and oxygen atoms in total. The van der Waals surface area contributed by atoms with E-state index in [9.17, 15) is 17.6 Å². The summed E-state index contributed by atoms with van der Waals surface area (Å²) in [7, 11) is 0. The van der Waals surface area contributed by atoms with Crippen LogP contribution in [0.4, 0.5) is 17.6 Å². The summed E-state index contributed by atoms with van der Waals surface area (Å²) < 4.78 is 58.2. The summed E-state index contributed by atoms with van der Waals surface area (Å²) in [5, 5.41) is 0. The van der Waals surface area contributed by atoms with E-state index in [1.165, 1.54) is 0 Å². The second-order valence-corrected chi connectivity index (χ2v) is 7.89. The van der Waals surface area contributed by atoms with Crippen molar-refractivity contribution in [1.29, 1.82) is 0 Å². The Bertz CT molecular complexity index is 515. The van der Waals surface area contributed by atoms with Gasteiger partial charge in [-0.25, -0.2) is 17.6 Å². The van der Waals surface area contributed by atoms with Crippen LogP contribution in [0.25, 0.3) is 0 Å². The molecule has 0 atom stereocenters. The molecule has 0 amide bonds. The van der Waals surface area contributed by atoms with Crippen molar-refractivity contribution in [3.05, 3.63) is 23.3 Å². The van der Waals surface area contributed by atoms with E-state index in [2.05, 4.69) is 6.92 Å². The molecule has 4 heteroatoms. The summed E-state index contributed by atoms with van der Waals surface area (Å²) in [5.41, 5.74) is -2.47. The van der Waals surface area contributed by atoms with E-state index >= 15 is 0 Å². The van der Waals surface area contributed by atoms with Crippen LogP contribution >= 0.6 is 0 Å². The number of halogens is 4. The molecule has 0 aromatic carbocycles. The molecule has 4 aliphatic rings. The summed E-state index contributed by atoms with van der Waals surface area (Å²) in [5.74, 6) is -3.68. The molecule has 4 rings (SSSR count). The fourth-order valence-electron chi connectivity index (χ4n) is 4.38. The molecule has 0 spiro atoms. The van der Waals surface area contributed by atoms with Gasteiger partial charge in [0.1, 0.15) is 23.3 Å². The van der Waals surface area contributed by atoms with E-state index in [0.717, 1.165) is 12.8 Å². The van der Waals surface area contributed by atoms with E-state index in [4.69, 9.17) is 0 Å². The molecule has 0 N–H and O–H groups in total. The van der Waals surface area contributed by atoms with Crippen LogP contribution in [-0.2, 0) is 0 Å². The van der Waals surface area contributed by atoms with Gasteiger partial charge in [-0.3, -0.25) is 0 Å². The molecule has 124 valence electrons. The Balaban J connectivity index is 1.94. The molecule has 0 aromatic heterocycles. The zero-order valence-corrected chi connectivity index (χ0v) is 13.3. The van der Waals surface area contributed by atoms with Gasteiger partial charge in [-0.15, -0.1) is 0 Å². The maximum Gasteiger partial charge on any atom is 0.145 e. The van der Waals surface area contributed by atoms with Crippen LogP contribution in [0.1, 0.15) is 65.2 Å². The smallest absolute Gasteiger partial charge is 0.145 e. The molecule has 0 saturated heterocycles. The maximum absolute atomic E-state index is 14.9. The zero-order chi connectivity index (χ0) is 16.1. The molecule has 22 heavy (non-hydrogen) atoms. The SMILES string of the molecule is CC1CCC(/C(F)=C(\F)C23CCC(C)(CC2)C(F)=C3F)CC1. The molecule has 2 fully saturated rings. The zero-order valence-electron chi connectivity index (χ0n) is 13.3. The molecule has 0 aromatic rings. The molecule has 0 radical (unpaired) electrons. The first-order chi connectivity index (χ1) is 10.3. The van der Waals surface area contributed by atoms with Gasteiger partial charge in [-0.1, -0.05) is 26.7 Å². The number of hydrogen-bond acceptors (Lipinski definition) is 0. The Morgan fingerprint density at radius 1 is 0.909 bits per heavy atom. The summed E-state index contributed by atoms with van der Waals surface area (Å²) in [6, 6.07) is 0. The lowest BCUT2D eigenvalue weighted by Crippen LogP contribution is -2.41. The van der Waals surface area contributed by atoms with Crippen molar-refractivity contribution in [3.8, 4) is 0 Å². The van der Waals surface area contributed by atoms with E-state index in [1.54, 1.807) is 6.92 Å². The Hall–Kier alpha value is -0.800. The highest BCUT2D eigenvalue weighted by molar-refractivity contribution is 5.35. The van der Waals surface area contributed by atoms with Crippen molar-refractivity contribution in [2.24, 2.45) is 22.7 Å². The highest BCUT2D eigenvalue weighted by Crippen LogP contribution is 2.64. The minimum Gasteiger partial charge on any atom is -0.209 e. The van der Waals surface area contributed by atoms with E-state index in [0.29, 0.717) is 31.6 Å². The van der Waals surface area contributed by atoms with Crippen molar-refractivity contribution >= 4 is 0 Å². The fourth-order valence-corrected chi connectivity index (χ4v) is 4.38. The van der Waals surface area contributed by atoms with Crippen LogP contribution in [0.5, 0.6) is 0 Å². The quantitative estimate of drug-likeness (QED) is 0.498. The van der Waals surface area contributed by atoms with Crippen LogP contribution in [0.3, 0.4) is 0 Å². The first-order valence-corrected chi connectivity index (χ1v) is 8.42. The minimum absolute atomic E-state index is 0.172. The number of allylic oxidation sites excluding steroid dienone is 4. The molecule has 4 aliphatic carbocycles. The minimum atomic E-state index is -1.66. The molecule has 0 aliphatic heterocycles. The molecular weight excluding hydrogens is 292 g/mol. The van der Waals surface area contributed by atoms with E-state index in [-0.39, 0.29) is 12.8 Å². The lowest BCUT2D eigenvalue weighted by molar-refractivity contribution is 0.0603. The van der Waals surface area contributed by atoms with Gasteiger partial charge >= 0.3 is 0 Å². The topological polar surface area (TPSA) is 0 Å². The summed E-state index contributed by atoms with van der Waals surface area (Å²) in [6.07, 6.45) is 4.04. The largest absolute Gasteiger partial charge is 0.209 e. The predicted molar refractivity (Wildman–Crippen MR) is 78.6 cm³/mol. The van der Waals surface area contributed by atoms with Gasteiger partial charge in [0.05, 0.1) is 5.41 Å². The van der Waals surface area contributed by atoms with Crippen molar-refractivity contribution in [2.45, 2.75) is 65.2 Å². The molecule has 0 heterocycles. The van der Waals surface area contributed by atoms with Crippen LogP contribution in [0.15, 0.2) is 23.3 Å². The second-order valence-electron chi connectivity index (χ2n) is 7.89. The van der Waals surface area contributed by atoms with Crippen molar-refractivity contribution in [1.82, 2.24) is 0 Å². The molecular formula is C18H24F4. The number of rotatable bonds is 2. The predicted octanol–water partition coefficient (Wildman–Crippen LogP) is 6.69. The highest BCUT2D eigenvalue weighted by Gasteiger charge is 2.57. The van der Waals surface area contributed by atoms with Crippen LogP contribution in [0, 0.1) is 22.7 Å². The normalized spacial score (nSPS) is 43.4. The third-order valence-electron chi connectivity index (χ3n) is 6.35. The van der Waals surface area contributed by atoms with E-state index < -0.39 is 40.1 Å². The third kappa shape index (κ3) is 2.25. The molecule has 0 unspecified atom stereocenters. The lowest BCUT2D eigenvalue weighted by atomic mass is 9.57. The van der Waals surface area contributed by atoms with Gasteiger partial charge in [0, 0.05) is 11.3 Å². The van der Waals surface area contributed by atoms with Crippen molar-refractivity contribution in [2.75, 3.05) is 0 Å². The highest BCUT2D eigenvalue weighted by atomic mass is 19.2. The lowest BCUT2D eigenvalue weighted by Gasteiger charge is -2.48. The van der Waals surface area contributed by atoms with Crippen molar-refractivity contribution in [3.63, 3.8) is 0 Å². The Labute approximate surface area is 129 Å². The summed E-state index contributed by atoms with van der Waals surface area (Å²) in [6.45, 7) is 3.78. The van der Waals surface area contributed by atoms with Gasteiger partial charge in [-0.05, 0) is 44.4 Å². The van der Waals surface area contributed by atoms with Gasteiger partial charge in [-0.2, -0.15) is 0 Å².